The van der Waals surface area contributed by atoms with Gasteiger partial charge in [-0.25, -0.2) is 0 Å². The monoisotopic (exact) mass is 233 g/mol. The van der Waals surface area contributed by atoms with E-state index in [1.54, 1.807) is 0 Å². The van der Waals surface area contributed by atoms with Crippen LogP contribution in [0.3, 0.4) is 0 Å². The first kappa shape index (κ1) is 12.0. The van der Waals surface area contributed by atoms with Crippen molar-refractivity contribution in [2.24, 2.45) is 0 Å². The van der Waals surface area contributed by atoms with Gasteiger partial charge in [0, 0.05) is 45.3 Å². The van der Waals surface area contributed by atoms with E-state index in [1.165, 1.54) is 0 Å². The lowest BCUT2D eigenvalue weighted by atomic mass is 10.2. The smallest absolute Gasteiger partial charge is 0.222 e. The normalized spacial score (nSPS) is 17.1. The Morgan fingerprint density at radius 3 is 2.65 bits per heavy atom. The Bertz CT molecular complexity index is 358. The van der Waals surface area contributed by atoms with Gasteiger partial charge in [0.15, 0.2) is 0 Å². The van der Waals surface area contributed by atoms with Crippen molar-refractivity contribution in [3.05, 3.63) is 30.1 Å². The number of piperazine rings is 1. The summed E-state index contributed by atoms with van der Waals surface area (Å²) in [5.74, 6) is 0.266. The van der Waals surface area contributed by atoms with E-state index in [4.69, 9.17) is 0 Å². The van der Waals surface area contributed by atoms with Crippen LogP contribution < -0.4 is 0 Å². The molecule has 17 heavy (non-hydrogen) atoms. The maximum absolute atomic E-state index is 11.5. The third kappa shape index (κ3) is 3.27. The standard InChI is InChI=1S/C13H19N3O/c1-2-13(17)16-9-7-15(8-10-16)11-12-5-3-4-6-14-12/h3-6H,2,7-11H2,1H3. The topological polar surface area (TPSA) is 36.4 Å². The number of rotatable bonds is 3. The quantitative estimate of drug-likeness (QED) is 0.785. The van der Waals surface area contributed by atoms with Crippen molar-refractivity contribution in [1.29, 1.82) is 0 Å². The van der Waals surface area contributed by atoms with Gasteiger partial charge in [0.1, 0.15) is 0 Å². The van der Waals surface area contributed by atoms with Crippen molar-refractivity contribution >= 4 is 5.91 Å². The summed E-state index contributed by atoms with van der Waals surface area (Å²) in [4.78, 5) is 20.2. The van der Waals surface area contributed by atoms with Crippen molar-refractivity contribution in [2.45, 2.75) is 19.9 Å². The van der Waals surface area contributed by atoms with Crippen molar-refractivity contribution in [3.63, 3.8) is 0 Å². The first-order valence-corrected chi connectivity index (χ1v) is 6.19. The second-order valence-corrected chi connectivity index (χ2v) is 4.33. The Kier molecular flexibility index (Phi) is 4.09. The summed E-state index contributed by atoms with van der Waals surface area (Å²) in [7, 11) is 0. The molecule has 1 aromatic heterocycles. The van der Waals surface area contributed by atoms with Gasteiger partial charge in [0.05, 0.1) is 5.69 Å². The minimum atomic E-state index is 0.266. The highest BCUT2D eigenvalue weighted by Gasteiger charge is 2.19. The Morgan fingerprint density at radius 1 is 1.29 bits per heavy atom. The van der Waals surface area contributed by atoms with Gasteiger partial charge in [0.2, 0.25) is 5.91 Å². The van der Waals surface area contributed by atoms with Gasteiger partial charge in [0.25, 0.3) is 0 Å². The van der Waals surface area contributed by atoms with E-state index in [2.05, 4.69) is 9.88 Å². The summed E-state index contributed by atoms with van der Waals surface area (Å²) in [5.41, 5.74) is 1.10. The third-order valence-electron chi connectivity index (χ3n) is 3.14. The van der Waals surface area contributed by atoms with Crippen molar-refractivity contribution in [1.82, 2.24) is 14.8 Å². The predicted octanol–water partition coefficient (Wildman–Crippen LogP) is 1.14. The maximum atomic E-state index is 11.5. The zero-order valence-corrected chi connectivity index (χ0v) is 10.3. The fourth-order valence-electron chi connectivity index (χ4n) is 2.10. The van der Waals surface area contributed by atoms with E-state index in [9.17, 15) is 4.79 Å². The highest BCUT2D eigenvalue weighted by atomic mass is 16.2. The van der Waals surface area contributed by atoms with Gasteiger partial charge in [-0.1, -0.05) is 13.0 Å². The first-order chi connectivity index (χ1) is 8.29. The lowest BCUT2D eigenvalue weighted by Crippen LogP contribution is -2.48. The van der Waals surface area contributed by atoms with Gasteiger partial charge < -0.3 is 4.90 Å². The number of carbonyl (C=O) groups excluding carboxylic acids is 1. The summed E-state index contributed by atoms with van der Waals surface area (Å²) in [6.45, 7) is 6.39. The Labute approximate surface area is 102 Å². The van der Waals surface area contributed by atoms with Gasteiger partial charge >= 0.3 is 0 Å². The molecule has 92 valence electrons. The highest BCUT2D eigenvalue weighted by molar-refractivity contribution is 5.75. The van der Waals surface area contributed by atoms with E-state index >= 15 is 0 Å². The van der Waals surface area contributed by atoms with Crippen LogP contribution in [0, 0.1) is 0 Å². The molecule has 0 saturated carbocycles. The fraction of sp³-hybridized carbons (Fsp3) is 0.538. The largest absolute Gasteiger partial charge is 0.340 e. The summed E-state index contributed by atoms with van der Waals surface area (Å²) < 4.78 is 0. The molecule has 2 heterocycles. The van der Waals surface area contributed by atoms with E-state index in [-0.39, 0.29) is 5.91 Å². The second kappa shape index (κ2) is 5.77. The first-order valence-electron chi connectivity index (χ1n) is 6.19. The lowest BCUT2D eigenvalue weighted by molar-refractivity contribution is -0.132. The zero-order valence-electron chi connectivity index (χ0n) is 10.3. The molecule has 0 bridgehead atoms. The molecule has 0 aliphatic carbocycles. The zero-order chi connectivity index (χ0) is 12.1. The van der Waals surface area contributed by atoms with Crippen LogP contribution in [0.1, 0.15) is 19.0 Å². The molecule has 1 aromatic rings. The minimum absolute atomic E-state index is 0.266. The molecule has 0 radical (unpaired) electrons. The summed E-state index contributed by atoms with van der Waals surface area (Å²) >= 11 is 0. The van der Waals surface area contributed by atoms with Gasteiger partial charge in [-0.2, -0.15) is 0 Å². The summed E-state index contributed by atoms with van der Waals surface area (Å²) in [6.07, 6.45) is 2.44. The van der Waals surface area contributed by atoms with Crippen molar-refractivity contribution in [3.8, 4) is 0 Å². The van der Waals surface area contributed by atoms with Crippen LogP contribution in [-0.2, 0) is 11.3 Å². The molecule has 0 aromatic carbocycles. The van der Waals surface area contributed by atoms with Gasteiger partial charge in [-0.05, 0) is 12.1 Å². The number of nitrogens with zero attached hydrogens (tertiary/aromatic N) is 3. The van der Waals surface area contributed by atoms with Crippen LogP contribution in [0.15, 0.2) is 24.4 Å². The van der Waals surface area contributed by atoms with Crippen molar-refractivity contribution in [2.75, 3.05) is 26.2 Å². The molecule has 2 rings (SSSR count). The molecule has 1 aliphatic rings. The number of aromatic nitrogens is 1. The average Bonchev–Trinajstić information content (AvgIpc) is 2.40. The van der Waals surface area contributed by atoms with E-state index < -0.39 is 0 Å². The Hall–Kier alpha value is -1.42. The molecule has 1 aliphatic heterocycles. The Balaban J connectivity index is 1.82. The SMILES string of the molecule is CCC(=O)N1CCN(Cc2ccccn2)CC1. The number of hydrogen-bond donors (Lipinski definition) is 0. The average molecular weight is 233 g/mol. The number of pyridine rings is 1. The molecule has 1 saturated heterocycles. The molecule has 0 N–H and O–H groups in total. The molecule has 0 unspecified atom stereocenters. The van der Waals surface area contributed by atoms with Crippen LogP contribution in [0.2, 0.25) is 0 Å². The van der Waals surface area contributed by atoms with Crippen molar-refractivity contribution < 1.29 is 4.79 Å². The number of amides is 1. The molecule has 0 spiro atoms. The molecule has 0 atom stereocenters. The van der Waals surface area contributed by atoms with Crippen LogP contribution in [0.4, 0.5) is 0 Å². The van der Waals surface area contributed by atoms with E-state index in [0.717, 1.165) is 38.4 Å². The van der Waals surface area contributed by atoms with Crippen LogP contribution in [0.5, 0.6) is 0 Å². The number of carbonyl (C=O) groups is 1. The van der Waals surface area contributed by atoms with Crippen LogP contribution >= 0.6 is 0 Å². The number of hydrogen-bond acceptors (Lipinski definition) is 3. The molecule has 1 fully saturated rings. The molecular formula is C13H19N3O. The predicted molar refractivity (Wildman–Crippen MR) is 66.4 cm³/mol. The third-order valence-corrected chi connectivity index (χ3v) is 3.14. The maximum Gasteiger partial charge on any atom is 0.222 e. The summed E-state index contributed by atoms with van der Waals surface area (Å²) in [6, 6.07) is 5.99. The van der Waals surface area contributed by atoms with Crippen LogP contribution in [-0.4, -0.2) is 46.9 Å². The van der Waals surface area contributed by atoms with E-state index in [0.29, 0.717) is 6.42 Å². The molecule has 4 heteroatoms. The molecule has 1 amide bonds. The second-order valence-electron chi connectivity index (χ2n) is 4.33. The Morgan fingerprint density at radius 2 is 2.06 bits per heavy atom. The minimum Gasteiger partial charge on any atom is -0.340 e. The van der Waals surface area contributed by atoms with Crippen LogP contribution in [0.25, 0.3) is 0 Å². The highest BCUT2D eigenvalue weighted by Crippen LogP contribution is 2.07. The molecule has 4 nitrogen and oxygen atoms in total. The fourth-order valence-corrected chi connectivity index (χ4v) is 2.10. The van der Waals surface area contributed by atoms with Gasteiger partial charge in [-0.3, -0.25) is 14.7 Å². The van der Waals surface area contributed by atoms with Gasteiger partial charge in [-0.15, -0.1) is 0 Å². The molecular weight excluding hydrogens is 214 g/mol. The lowest BCUT2D eigenvalue weighted by Gasteiger charge is -2.34. The van der Waals surface area contributed by atoms with E-state index in [1.807, 2.05) is 36.2 Å². The summed E-state index contributed by atoms with van der Waals surface area (Å²) in [5, 5.41) is 0.